The average Bonchev–Trinajstić information content (AvgIpc) is 3.15. The fourth-order valence-electron chi connectivity index (χ4n) is 2.43. The number of carbonyl (C=O) groups excluding carboxylic acids is 3. The molecule has 0 aliphatic carbocycles. The molecule has 1 aromatic heterocycles. The average molecular weight is 354 g/mol. The van der Waals surface area contributed by atoms with E-state index in [-0.39, 0.29) is 23.2 Å². The number of thioether (sulfide) groups is 1. The Morgan fingerprint density at radius 1 is 1.38 bits per heavy atom. The minimum atomic E-state index is -0.915. The molecule has 0 radical (unpaired) electrons. The number of hydrogen-bond acceptors (Lipinski definition) is 6. The van der Waals surface area contributed by atoms with Crippen LogP contribution in [0.4, 0.5) is 0 Å². The first-order chi connectivity index (χ1) is 11.3. The van der Waals surface area contributed by atoms with Gasteiger partial charge in [0.2, 0.25) is 5.91 Å². The molecule has 24 heavy (non-hydrogen) atoms. The normalized spacial score (nSPS) is 21.6. The maximum atomic E-state index is 12.4. The Kier molecular flexibility index (Phi) is 5.93. The maximum absolute atomic E-state index is 12.4. The van der Waals surface area contributed by atoms with Gasteiger partial charge < -0.3 is 19.4 Å². The second-order valence-corrected chi connectivity index (χ2v) is 7.00. The van der Waals surface area contributed by atoms with Gasteiger partial charge in [0.25, 0.3) is 5.91 Å². The number of esters is 1. The molecule has 1 N–H and O–H groups in total. The molecule has 8 heteroatoms. The molecule has 2 amide bonds. The first-order valence-electron chi connectivity index (χ1n) is 7.76. The van der Waals surface area contributed by atoms with Crippen molar-refractivity contribution in [3.63, 3.8) is 0 Å². The Bertz CT molecular complexity index is 602. The highest BCUT2D eigenvalue weighted by atomic mass is 32.2. The van der Waals surface area contributed by atoms with Crippen molar-refractivity contribution >= 4 is 29.5 Å². The smallest absolute Gasteiger partial charge is 0.330 e. The van der Waals surface area contributed by atoms with E-state index in [1.807, 2.05) is 13.8 Å². The van der Waals surface area contributed by atoms with Gasteiger partial charge in [0.1, 0.15) is 17.2 Å². The molecule has 1 aromatic rings. The highest BCUT2D eigenvalue weighted by Crippen LogP contribution is 2.41. The van der Waals surface area contributed by atoms with Crippen molar-refractivity contribution in [1.29, 1.82) is 0 Å². The van der Waals surface area contributed by atoms with Crippen molar-refractivity contribution in [2.45, 2.75) is 51.3 Å². The van der Waals surface area contributed by atoms with E-state index in [9.17, 15) is 14.4 Å². The second kappa shape index (κ2) is 7.74. The first kappa shape index (κ1) is 18.4. The summed E-state index contributed by atoms with van der Waals surface area (Å²) in [6.45, 7) is 6.56. The van der Waals surface area contributed by atoms with Gasteiger partial charge in [-0.15, -0.1) is 11.8 Å². The molecule has 1 aliphatic rings. The molecule has 0 bridgehead atoms. The van der Waals surface area contributed by atoms with E-state index < -0.39 is 18.1 Å². The Labute approximate surface area is 145 Å². The quantitative estimate of drug-likeness (QED) is 0.810. The molecule has 3 atom stereocenters. The van der Waals surface area contributed by atoms with E-state index in [0.29, 0.717) is 11.5 Å². The van der Waals surface area contributed by atoms with E-state index >= 15 is 0 Å². The van der Waals surface area contributed by atoms with Gasteiger partial charge in [-0.1, -0.05) is 0 Å². The number of ether oxygens (including phenoxy) is 1. The molecule has 0 aromatic carbocycles. The van der Waals surface area contributed by atoms with Crippen LogP contribution in [-0.2, 0) is 19.1 Å². The highest BCUT2D eigenvalue weighted by molar-refractivity contribution is 7.99. The molecule has 1 aliphatic heterocycles. The van der Waals surface area contributed by atoms with Crippen molar-refractivity contribution in [2.75, 3.05) is 5.75 Å². The number of carbonyl (C=O) groups is 3. The fourth-order valence-corrected chi connectivity index (χ4v) is 3.85. The lowest BCUT2D eigenvalue weighted by Gasteiger charge is -2.26. The standard InChI is InChI=1S/C16H22N2O5S/c1-9(2)17-14(20)10(3)23-16(21)12-8-24-15(18(12)11(4)19)13-6-5-7-22-13/h5-7,9-10,12,15H,8H2,1-4H3,(H,17,20)/t10-,12+,15+/m0/s1. The number of rotatable bonds is 5. The summed E-state index contributed by atoms with van der Waals surface area (Å²) in [4.78, 5) is 37.8. The van der Waals surface area contributed by atoms with Crippen LogP contribution in [0, 0.1) is 0 Å². The van der Waals surface area contributed by atoms with E-state index in [0.717, 1.165) is 0 Å². The lowest BCUT2D eigenvalue weighted by Crippen LogP contribution is -2.46. The van der Waals surface area contributed by atoms with Gasteiger partial charge in [-0.3, -0.25) is 9.59 Å². The molecule has 7 nitrogen and oxygen atoms in total. The predicted molar refractivity (Wildman–Crippen MR) is 89.0 cm³/mol. The summed E-state index contributed by atoms with van der Waals surface area (Å²) in [5, 5.41) is 2.32. The third kappa shape index (κ3) is 4.11. The lowest BCUT2D eigenvalue weighted by atomic mass is 10.2. The van der Waals surface area contributed by atoms with Gasteiger partial charge >= 0.3 is 5.97 Å². The van der Waals surface area contributed by atoms with Crippen molar-refractivity contribution in [3.05, 3.63) is 24.2 Å². The zero-order valence-electron chi connectivity index (χ0n) is 14.1. The number of amides is 2. The summed E-state index contributed by atoms with van der Waals surface area (Å²) in [6, 6.07) is 2.72. The van der Waals surface area contributed by atoms with E-state index in [1.54, 1.807) is 12.1 Å². The van der Waals surface area contributed by atoms with Gasteiger partial charge in [0, 0.05) is 18.7 Å². The Balaban J connectivity index is 2.06. The van der Waals surface area contributed by atoms with Gasteiger partial charge in [-0.05, 0) is 32.9 Å². The molecule has 1 fully saturated rings. The molecular weight excluding hydrogens is 332 g/mol. The molecule has 1 saturated heterocycles. The molecule has 2 heterocycles. The third-order valence-electron chi connectivity index (χ3n) is 3.52. The van der Waals surface area contributed by atoms with Crippen molar-refractivity contribution in [3.8, 4) is 0 Å². The van der Waals surface area contributed by atoms with Crippen LogP contribution in [0.1, 0.15) is 38.8 Å². The number of furan rings is 1. The van der Waals surface area contributed by atoms with E-state index in [1.165, 1.54) is 36.8 Å². The third-order valence-corrected chi connectivity index (χ3v) is 4.80. The fraction of sp³-hybridized carbons (Fsp3) is 0.562. The van der Waals surface area contributed by atoms with Crippen LogP contribution in [0.2, 0.25) is 0 Å². The molecule has 0 spiro atoms. The Morgan fingerprint density at radius 2 is 2.08 bits per heavy atom. The van der Waals surface area contributed by atoms with Crippen LogP contribution in [0.5, 0.6) is 0 Å². The summed E-state index contributed by atoms with van der Waals surface area (Å²) in [6.07, 6.45) is 0.611. The van der Waals surface area contributed by atoms with Crippen LogP contribution in [0.25, 0.3) is 0 Å². The predicted octanol–water partition coefficient (Wildman–Crippen LogP) is 1.70. The van der Waals surface area contributed by atoms with E-state index in [2.05, 4.69) is 5.32 Å². The summed E-state index contributed by atoms with van der Waals surface area (Å²) in [5.74, 6) is -0.194. The van der Waals surface area contributed by atoms with Gasteiger partial charge in [-0.25, -0.2) is 4.79 Å². The Hall–Kier alpha value is -1.96. The summed E-state index contributed by atoms with van der Waals surface area (Å²) in [5.41, 5.74) is 0. The van der Waals surface area contributed by atoms with Crippen molar-refractivity contribution < 1.29 is 23.5 Å². The molecular formula is C16H22N2O5S. The van der Waals surface area contributed by atoms with Gasteiger partial charge in [-0.2, -0.15) is 0 Å². The molecule has 132 valence electrons. The van der Waals surface area contributed by atoms with Crippen molar-refractivity contribution in [2.24, 2.45) is 0 Å². The lowest BCUT2D eigenvalue weighted by molar-refractivity contribution is -0.161. The van der Waals surface area contributed by atoms with Gasteiger partial charge in [0.15, 0.2) is 6.10 Å². The number of hydrogen-bond donors (Lipinski definition) is 1. The van der Waals surface area contributed by atoms with Crippen LogP contribution in [0.15, 0.2) is 22.8 Å². The largest absolute Gasteiger partial charge is 0.466 e. The molecule has 0 unspecified atom stereocenters. The summed E-state index contributed by atoms with van der Waals surface area (Å²) in [7, 11) is 0. The van der Waals surface area contributed by atoms with Crippen LogP contribution in [-0.4, -0.2) is 46.6 Å². The maximum Gasteiger partial charge on any atom is 0.330 e. The zero-order valence-corrected chi connectivity index (χ0v) is 15.0. The first-order valence-corrected chi connectivity index (χ1v) is 8.81. The Morgan fingerprint density at radius 3 is 2.62 bits per heavy atom. The minimum Gasteiger partial charge on any atom is -0.466 e. The summed E-state index contributed by atoms with van der Waals surface area (Å²) < 4.78 is 10.6. The highest BCUT2D eigenvalue weighted by Gasteiger charge is 2.43. The van der Waals surface area contributed by atoms with Crippen molar-refractivity contribution in [1.82, 2.24) is 10.2 Å². The SMILES string of the molecule is CC(=O)N1[C@@H](C(=O)O[C@@H](C)C(=O)NC(C)C)CS[C@@H]1c1ccco1. The monoisotopic (exact) mass is 354 g/mol. The molecule has 0 saturated carbocycles. The molecule has 2 rings (SSSR count). The zero-order chi connectivity index (χ0) is 17.9. The summed E-state index contributed by atoms with van der Waals surface area (Å²) >= 11 is 1.43. The van der Waals surface area contributed by atoms with Crippen LogP contribution in [0.3, 0.4) is 0 Å². The van der Waals surface area contributed by atoms with Gasteiger partial charge in [0.05, 0.1) is 6.26 Å². The second-order valence-electron chi connectivity index (χ2n) is 5.89. The number of nitrogens with one attached hydrogen (secondary N) is 1. The minimum absolute atomic E-state index is 0.0438. The van der Waals surface area contributed by atoms with Crippen LogP contribution < -0.4 is 5.32 Å². The van der Waals surface area contributed by atoms with E-state index in [4.69, 9.17) is 9.15 Å². The number of nitrogens with zero attached hydrogens (tertiary/aromatic N) is 1. The van der Waals surface area contributed by atoms with Crippen LogP contribution >= 0.6 is 11.8 Å². The topological polar surface area (TPSA) is 88.8 Å².